The lowest BCUT2D eigenvalue weighted by Crippen LogP contribution is -2.44. The lowest BCUT2D eigenvalue weighted by molar-refractivity contribution is -0.142. The first-order valence-electron chi connectivity index (χ1n) is 10.4. The Bertz CT molecular complexity index is 1100. The smallest absolute Gasteiger partial charge is 0.408 e. The molecule has 15 heteroatoms. The van der Waals surface area contributed by atoms with E-state index in [-0.39, 0.29) is 22.7 Å². The van der Waals surface area contributed by atoms with Crippen molar-refractivity contribution in [3.05, 3.63) is 12.4 Å². The second kappa shape index (κ2) is 12.6. The fourth-order valence-electron chi connectivity index (χ4n) is 2.63. The largest absolute Gasteiger partial charge is 0.467 e. The van der Waals surface area contributed by atoms with Crippen molar-refractivity contribution >= 4 is 58.4 Å². The van der Waals surface area contributed by atoms with E-state index in [4.69, 9.17) is 9.47 Å². The summed E-state index contributed by atoms with van der Waals surface area (Å²) < 4.78 is 9.78. The zero-order chi connectivity index (χ0) is 26.0. The molecule has 14 nitrogen and oxygen atoms in total. The summed E-state index contributed by atoms with van der Waals surface area (Å²) in [7, 11) is 1.24. The van der Waals surface area contributed by atoms with E-state index < -0.39 is 42.2 Å². The minimum absolute atomic E-state index is 0.0564. The molecule has 0 aromatic carbocycles. The van der Waals surface area contributed by atoms with Crippen LogP contribution in [0.25, 0.3) is 11.0 Å². The van der Waals surface area contributed by atoms with Crippen LogP contribution in [0.4, 0.5) is 21.2 Å². The van der Waals surface area contributed by atoms with Crippen molar-refractivity contribution in [3.8, 4) is 0 Å². The second-order valence-corrected chi connectivity index (χ2v) is 8.99. The van der Waals surface area contributed by atoms with Gasteiger partial charge < -0.3 is 25.1 Å². The van der Waals surface area contributed by atoms with Gasteiger partial charge in [0.1, 0.15) is 35.0 Å². The zero-order valence-corrected chi connectivity index (χ0v) is 20.8. The van der Waals surface area contributed by atoms with E-state index in [1.54, 1.807) is 20.8 Å². The number of ether oxygens (including phenoxy) is 2. The van der Waals surface area contributed by atoms with Gasteiger partial charge in [0.25, 0.3) is 5.91 Å². The Hall–Kier alpha value is -3.75. The Morgan fingerprint density at radius 1 is 1.17 bits per heavy atom. The van der Waals surface area contributed by atoms with Crippen molar-refractivity contribution in [1.82, 2.24) is 25.6 Å². The van der Waals surface area contributed by atoms with E-state index >= 15 is 0 Å². The van der Waals surface area contributed by atoms with Crippen LogP contribution in [-0.4, -0.2) is 76.3 Å². The maximum atomic E-state index is 12.5. The number of nitrogens with one attached hydrogen (secondary N) is 4. The first kappa shape index (κ1) is 27.5. The summed E-state index contributed by atoms with van der Waals surface area (Å²) in [6, 6.07) is -1.52. The molecule has 0 bridgehead atoms. The molecule has 0 aliphatic carbocycles. The number of alkyl carbamates (subject to hydrolysis) is 1. The third-order valence-electron chi connectivity index (χ3n) is 4.09. The van der Waals surface area contributed by atoms with Gasteiger partial charge in [-0.25, -0.2) is 24.4 Å². The molecule has 0 saturated carbocycles. The molecule has 35 heavy (non-hydrogen) atoms. The third kappa shape index (κ3) is 8.84. The number of carbonyl (C=O) groups excluding carboxylic acids is 4. The molecular formula is C20H28N8O6S. The Balaban J connectivity index is 2.10. The summed E-state index contributed by atoms with van der Waals surface area (Å²) in [5.41, 5.74) is -0.209. The van der Waals surface area contributed by atoms with Crippen molar-refractivity contribution in [2.24, 2.45) is 10.2 Å². The topological polar surface area (TPSA) is 189 Å². The summed E-state index contributed by atoms with van der Waals surface area (Å²) in [5.74, 6) is -0.491. The van der Waals surface area contributed by atoms with Gasteiger partial charge in [-0.1, -0.05) is 0 Å². The number of carbonyl (C=O) groups is 4. The normalized spacial score (nSPS) is 12.3. The van der Waals surface area contributed by atoms with Crippen LogP contribution in [-0.2, 0) is 19.1 Å². The molecule has 0 fully saturated rings. The molecule has 4 N–H and O–H groups in total. The minimum atomic E-state index is -0.839. The number of azo groups is 1. The molecule has 0 aliphatic rings. The molecule has 0 spiro atoms. The molecule has 4 amide bonds. The van der Waals surface area contributed by atoms with Crippen LogP contribution < -0.4 is 16.0 Å². The van der Waals surface area contributed by atoms with Gasteiger partial charge in [-0.15, -0.1) is 10.2 Å². The second-order valence-electron chi connectivity index (χ2n) is 8.01. The molecule has 1 atom stereocenters. The van der Waals surface area contributed by atoms with Gasteiger partial charge in [-0.2, -0.15) is 11.8 Å². The summed E-state index contributed by atoms with van der Waals surface area (Å²) in [6.07, 6.45) is 4.31. The Morgan fingerprint density at radius 2 is 1.86 bits per heavy atom. The number of hydrogen-bond acceptors (Lipinski definition) is 10. The number of aromatic nitrogens is 3. The Morgan fingerprint density at radius 3 is 2.49 bits per heavy atom. The van der Waals surface area contributed by atoms with Gasteiger partial charge in [-0.3, -0.25) is 10.1 Å². The average Bonchev–Trinajstić information content (AvgIpc) is 3.14. The Labute approximate surface area is 205 Å². The van der Waals surface area contributed by atoms with E-state index in [0.29, 0.717) is 12.2 Å². The van der Waals surface area contributed by atoms with Crippen molar-refractivity contribution in [2.75, 3.05) is 31.0 Å². The van der Waals surface area contributed by atoms with Crippen LogP contribution in [0.1, 0.15) is 27.2 Å². The standard InChI is InChI=1S/C20H28N8O6S/c1-20(2,3)34-19(32)23-10-12(29)27-28-16-14-13(21-7-8-22-14)15(25-16)26-18(31)24-11(6-9-35-5)17(30)33-4/h7-8,11,25H,6,9-10H2,1-5H3,(H,23,32)(H2,24,26,31)/t11-/m0/s1. The fourth-order valence-corrected chi connectivity index (χ4v) is 3.10. The fraction of sp³-hybridized carbons (Fsp3) is 0.500. The van der Waals surface area contributed by atoms with E-state index in [1.807, 2.05) is 6.26 Å². The lowest BCUT2D eigenvalue weighted by Gasteiger charge is -2.19. The number of H-pyrrole nitrogens is 1. The number of esters is 1. The van der Waals surface area contributed by atoms with Gasteiger partial charge in [-0.05, 0) is 39.2 Å². The number of anilines is 1. The summed E-state index contributed by atoms with van der Waals surface area (Å²) in [5, 5.41) is 14.8. The summed E-state index contributed by atoms with van der Waals surface area (Å²) >= 11 is 1.52. The van der Waals surface area contributed by atoms with Gasteiger partial charge in [0, 0.05) is 12.4 Å². The molecule has 2 aromatic rings. The highest BCUT2D eigenvalue weighted by atomic mass is 32.2. The van der Waals surface area contributed by atoms with Crippen LogP contribution in [0.15, 0.2) is 22.6 Å². The van der Waals surface area contributed by atoms with Crippen LogP contribution >= 0.6 is 11.8 Å². The highest BCUT2D eigenvalue weighted by Crippen LogP contribution is 2.28. The third-order valence-corrected chi connectivity index (χ3v) is 4.73. The zero-order valence-electron chi connectivity index (χ0n) is 20.0. The number of aromatic amines is 1. The number of thioether (sulfide) groups is 1. The van der Waals surface area contributed by atoms with E-state index in [2.05, 4.69) is 41.1 Å². The van der Waals surface area contributed by atoms with Crippen molar-refractivity contribution in [1.29, 1.82) is 0 Å². The number of hydrogen-bond donors (Lipinski definition) is 4. The number of fused-ring (bicyclic) bond motifs is 1. The lowest BCUT2D eigenvalue weighted by atomic mass is 10.2. The van der Waals surface area contributed by atoms with Crippen LogP contribution in [0.3, 0.4) is 0 Å². The van der Waals surface area contributed by atoms with Crippen LogP contribution in [0.5, 0.6) is 0 Å². The SMILES string of the molecule is COC(=O)[C@H](CCSC)NC(=O)Nc1[nH]c(N=NC(=O)CNC(=O)OC(C)(C)C)c2nccnc12. The van der Waals surface area contributed by atoms with E-state index in [1.165, 1.54) is 31.3 Å². The van der Waals surface area contributed by atoms with Gasteiger partial charge in [0.2, 0.25) is 0 Å². The van der Waals surface area contributed by atoms with Gasteiger partial charge in [0.05, 0.1) is 7.11 Å². The summed E-state index contributed by atoms with van der Waals surface area (Å²) in [6.45, 7) is 4.65. The Kier molecular flexibility index (Phi) is 9.93. The number of urea groups is 1. The molecule has 190 valence electrons. The molecule has 0 aliphatic heterocycles. The molecule has 2 rings (SSSR count). The number of amides is 4. The van der Waals surface area contributed by atoms with Gasteiger partial charge in [0.15, 0.2) is 5.82 Å². The predicted octanol–water partition coefficient (Wildman–Crippen LogP) is 2.51. The molecule has 0 saturated heterocycles. The number of methoxy groups -OCH3 is 1. The monoisotopic (exact) mass is 508 g/mol. The predicted molar refractivity (Wildman–Crippen MR) is 129 cm³/mol. The number of rotatable bonds is 9. The highest BCUT2D eigenvalue weighted by Gasteiger charge is 2.23. The average molecular weight is 509 g/mol. The summed E-state index contributed by atoms with van der Waals surface area (Å²) in [4.78, 5) is 59.2. The quantitative estimate of drug-likeness (QED) is 0.291. The van der Waals surface area contributed by atoms with Gasteiger partial charge >= 0.3 is 18.1 Å². The maximum absolute atomic E-state index is 12.5. The molecular weight excluding hydrogens is 480 g/mol. The molecule has 0 unspecified atom stereocenters. The molecule has 0 radical (unpaired) electrons. The minimum Gasteiger partial charge on any atom is -0.467 e. The maximum Gasteiger partial charge on any atom is 0.408 e. The first-order chi connectivity index (χ1) is 16.5. The van der Waals surface area contributed by atoms with Crippen molar-refractivity contribution in [3.63, 3.8) is 0 Å². The van der Waals surface area contributed by atoms with Crippen molar-refractivity contribution in [2.45, 2.75) is 38.8 Å². The molecule has 2 heterocycles. The van der Waals surface area contributed by atoms with E-state index in [9.17, 15) is 19.2 Å². The van der Waals surface area contributed by atoms with Crippen molar-refractivity contribution < 1.29 is 28.7 Å². The first-order valence-corrected chi connectivity index (χ1v) is 11.8. The van der Waals surface area contributed by atoms with Crippen LogP contribution in [0, 0.1) is 0 Å². The molecule has 2 aromatic heterocycles. The number of nitrogens with zero attached hydrogens (tertiary/aromatic N) is 4. The van der Waals surface area contributed by atoms with E-state index in [0.717, 1.165) is 0 Å². The van der Waals surface area contributed by atoms with Crippen LogP contribution in [0.2, 0.25) is 0 Å². The highest BCUT2D eigenvalue weighted by molar-refractivity contribution is 7.98.